The van der Waals surface area contributed by atoms with Crippen molar-refractivity contribution >= 4 is 28.4 Å². The second kappa shape index (κ2) is 6.65. The minimum absolute atomic E-state index is 0.0258. The summed E-state index contributed by atoms with van der Waals surface area (Å²) in [7, 11) is 0. The average Bonchev–Trinajstić information content (AvgIpc) is 3.21. The van der Waals surface area contributed by atoms with Crippen LogP contribution >= 0.6 is 11.6 Å². The number of aromatic nitrogens is 2. The van der Waals surface area contributed by atoms with E-state index >= 15 is 0 Å². The Morgan fingerprint density at radius 2 is 2.08 bits per heavy atom. The van der Waals surface area contributed by atoms with Crippen LogP contribution in [-0.2, 0) is 19.5 Å². The molecule has 3 aromatic rings. The Kier molecular flexibility index (Phi) is 4.32. The van der Waals surface area contributed by atoms with E-state index in [1.165, 1.54) is 0 Å². The number of hydrogen-bond acceptors (Lipinski definition) is 3. The molecule has 1 aromatic heterocycles. The molecule has 2 heterocycles. The molecule has 0 saturated carbocycles. The molecule has 1 aliphatic heterocycles. The Bertz CT molecular complexity index is 996. The summed E-state index contributed by atoms with van der Waals surface area (Å²) in [5.74, 6) is -0.207. The van der Waals surface area contributed by atoms with E-state index in [0.29, 0.717) is 23.7 Å². The maximum absolute atomic E-state index is 13.0. The number of amides is 1. The van der Waals surface area contributed by atoms with E-state index in [2.05, 4.69) is 17.1 Å². The van der Waals surface area contributed by atoms with Gasteiger partial charge in [-0.2, -0.15) is 5.10 Å². The number of fused-ring (bicyclic) bond motifs is 2. The quantitative estimate of drug-likeness (QED) is 0.715. The van der Waals surface area contributed by atoms with E-state index in [4.69, 9.17) is 11.6 Å². The lowest BCUT2D eigenvalue weighted by atomic mass is 10.1. The van der Waals surface area contributed by atoms with Gasteiger partial charge in [-0.15, -0.1) is 0 Å². The fraction of sp³-hybridized carbons (Fsp3) is 0.300. The largest absolute Gasteiger partial charge is 0.507 e. The number of carbonyl (C=O) groups is 1. The summed E-state index contributed by atoms with van der Waals surface area (Å²) in [5.41, 5.74) is 4.15. The summed E-state index contributed by atoms with van der Waals surface area (Å²) in [6, 6.07) is 9.03. The molecule has 2 N–H and O–H groups in total. The van der Waals surface area contributed by atoms with Crippen LogP contribution in [0.25, 0.3) is 10.9 Å². The molecule has 5 nitrogen and oxygen atoms in total. The number of benzene rings is 2. The third-order valence-corrected chi connectivity index (χ3v) is 5.17. The summed E-state index contributed by atoms with van der Waals surface area (Å²) in [6.45, 7) is 3.16. The first-order chi connectivity index (χ1) is 12.6. The van der Waals surface area contributed by atoms with Gasteiger partial charge in [-0.3, -0.25) is 9.89 Å². The molecule has 1 amide bonds. The lowest BCUT2D eigenvalue weighted by molar-refractivity contribution is 0.0748. The third-order valence-electron chi connectivity index (χ3n) is 4.93. The molecule has 4 rings (SSSR count). The number of nitrogens with zero attached hydrogens (tertiary/aromatic N) is 2. The second-order valence-corrected chi connectivity index (χ2v) is 7.20. The number of aryl methyl sites for hydroxylation is 1. The molecule has 0 spiro atoms. The van der Waals surface area contributed by atoms with Crippen molar-refractivity contribution in [1.82, 2.24) is 15.1 Å². The van der Waals surface area contributed by atoms with Crippen molar-refractivity contribution in [2.45, 2.75) is 39.3 Å². The monoisotopic (exact) mass is 369 g/mol. The van der Waals surface area contributed by atoms with Crippen LogP contribution in [0.5, 0.6) is 5.75 Å². The normalized spacial score (nSPS) is 13.4. The fourth-order valence-electron chi connectivity index (χ4n) is 3.49. The molecular formula is C20H20ClN3O2. The van der Waals surface area contributed by atoms with Crippen molar-refractivity contribution in [2.75, 3.05) is 0 Å². The van der Waals surface area contributed by atoms with Crippen LogP contribution in [0.4, 0.5) is 0 Å². The Hall–Kier alpha value is -2.53. The second-order valence-electron chi connectivity index (χ2n) is 6.76. The number of hydrogen-bond donors (Lipinski definition) is 2. The van der Waals surface area contributed by atoms with E-state index in [1.807, 2.05) is 18.2 Å². The molecule has 0 radical (unpaired) electrons. The summed E-state index contributed by atoms with van der Waals surface area (Å²) in [4.78, 5) is 14.7. The summed E-state index contributed by atoms with van der Waals surface area (Å²) in [6.07, 6.45) is 2.96. The molecule has 6 heteroatoms. The van der Waals surface area contributed by atoms with E-state index in [-0.39, 0.29) is 11.7 Å². The van der Waals surface area contributed by atoms with Crippen LogP contribution in [0, 0.1) is 0 Å². The van der Waals surface area contributed by atoms with E-state index in [0.717, 1.165) is 47.0 Å². The highest BCUT2D eigenvalue weighted by Gasteiger charge is 2.27. The van der Waals surface area contributed by atoms with Crippen molar-refractivity contribution in [3.05, 3.63) is 57.7 Å². The van der Waals surface area contributed by atoms with Gasteiger partial charge in [0, 0.05) is 29.6 Å². The van der Waals surface area contributed by atoms with E-state index < -0.39 is 0 Å². The predicted molar refractivity (Wildman–Crippen MR) is 101 cm³/mol. The van der Waals surface area contributed by atoms with Gasteiger partial charge in [0.1, 0.15) is 5.75 Å². The topological polar surface area (TPSA) is 69.2 Å². The molecule has 134 valence electrons. The van der Waals surface area contributed by atoms with Crippen molar-refractivity contribution in [3.63, 3.8) is 0 Å². The number of carbonyl (C=O) groups excluding carboxylic acids is 1. The predicted octanol–water partition coefficient (Wildman–Crippen LogP) is 4.42. The first kappa shape index (κ1) is 16.9. The molecule has 0 aliphatic carbocycles. The summed E-state index contributed by atoms with van der Waals surface area (Å²) in [5, 5.41) is 19.2. The van der Waals surface area contributed by atoms with Crippen LogP contribution in [0.3, 0.4) is 0 Å². The number of phenols is 1. The third kappa shape index (κ3) is 2.92. The van der Waals surface area contributed by atoms with Crippen LogP contribution < -0.4 is 0 Å². The molecule has 1 aliphatic rings. The molecule has 26 heavy (non-hydrogen) atoms. The number of phenolic OH excluding ortho intramolecular Hbond substituents is 1. The number of rotatable bonds is 4. The van der Waals surface area contributed by atoms with Gasteiger partial charge >= 0.3 is 0 Å². The maximum Gasteiger partial charge on any atom is 0.258 e. The molecule has 0 unspecified atom stereocenters. The highest BCUT2D eigenvalue weighted by Crippen LogP contribution is 2.31. The van der Waals surface area contributed by atoms with Crippen LogP contribution in [0.2, 0.25) is 5.02 Å². The number of aromatic hydroxyl groups is 1. The Morgan fingerprint density at radius 3 is 2.88 bits per heavy atom. The Labute approximate surface area is 156 Å². The fourth-order valence-corrected chi connectivity index (χ4v) is 3.69. The standard InChI is InChI=1S/C20H20ClN3O2/c1-2-3-4-17-15-8-16(19(25)9-18(15)23-22-17)20(26)24-10-12-5-6-14(21)7-13(12)11-24/h5-9,25H,2-4,10-11H2,1H3,(H,22,23). The Balaban J connectivity index is 1.65. The van der Waals surface area contributed by atoms with Gasteiger partial charge in [0.2, 0.25) is 0 Å². The minimum Gasteiger partial charge on any atom is -0.507 e. The minimum atomic E-state index is -0.181. The van der Waals surface area contributed by atoms with Crippen molar-refractivity contribution in [1.29, 1.82) is 0 Å². The maximum atomic E-state index is 13.0. The van der Waals surface area contributed by atoms with Gasteiger partial charge < -0.3 is 10.0 Å². The van der Waals surface area contributed by atoms with Gasteiger partial charge in [0.25, 0.3) is 5.91 Å². The van der Waals surface area contributed by atoms with Crippen LogP contribution in [-0.4, -0.2) is 26.1 Å². The van der Waals surface area contributed by atoms with E-state index in [1.54, 1.807) is 17.0 Å². The first-order valence-electron chi connectivity index (χ1n) is 8.83. The number of nitrogens with one attached hydrogen (secondary N) is 1. The zero-order chi connectivity index (χ0) is 18.3. The van der Waals surface area contributed by atoms with Crippen molar-refractivity contribution in [2.24, 2.45) is 0 Å². The van der Waals surface area contributed by atoms with Crippen LogP contribution in [0.15, 0.2) is 30.3 Å². The highest BCUT2D eigenvalue weighted by molar-refractivity contribution is 6.30. The van der Waals surface area contributed by atoms with Gasteiger partial charge in [0.15, 0.2) is 0 Å². The SMILES string of the molecule is CCCCc1n[nH]c2cc(O)c(C(=O)N3Cc4ccc(Cl)cc4C3)cc12. The van der Waals surface area contributed by atoms with Crippen LogP contribution in [0.1, 0.15) is 46.9 Å². The smallest absolute Gasteiger partial charge is 0.258 e. The number of unbranched alkanes of at least 4 members (excludes halogenated alkanes) is 1. The van der Waals surface area contributed by atoms with E-state index in [9.17, 15) is 9.90 Å². The van der Waals surface area contributed by atoms with Crippen molar-refractivity contribution < 1.29 is 9.90 Å². The Morgan fingerprint density at radius 1 is 1.27 bits per heavy atom. The first-order valence-corrected chi connectivity index (χ1v) is 9.21. The number of aromatic amines is 1. The lowest BCUT2D eigenvalue weighted by Crippen LogP contribution is -2.25. The molecule has 0 saturated heterocycles. The average molecular weight is 370 g/mol. The zero-order valence-corrected chi connectivity index (χ0v) is 15.3. The molecule has 0 atom stereocenters. The van der Waals surface area contributed by atoms with Gasteiger partial charge in [-0.05, 0) is 42.2 Å². The highest BCUT2D eigenvalue weighted by atomic mass is 35.5. The van der Waals surface area contributed by atoms with Gasteiger partial charge in [-0.25, -0.2) is 0 Å². The number of halogens is 1. The summed E-state index contributed by atoms with van der Waals surface area (Å²) < 4.78 is 0. The lowest BCUT2D eigenvalue weighted by Gasteiger charge is -2.16. The van der Waals surface area contributed by atoms with Crippen molar-refractivity contribution in [3.8, 4) is 5.75 Å². The molecule has 2 aromatic carbocycles. The van der Waals surface area contributed by atoms with Gasteiger partial charge in [0.05, 0.1) is 16.8 Å². The molecular weight excluding hydrogens is 350 g/mol. The molecule has 0 fully saturated rings. The summed E-state index contributed by atoms with van der Waals surface area (Å²) >= 11 is 6.05. The zero-order valence-electron chi connectivity index (χ0n) is 14.6. The number of H-pyrrole nitrogens is 1. The van der Waals surface area contributed by atoms with Gasteiger partial charge in [-0.1, -0.05) is 31.0 Å². The molecule has 0 bridgehead atoms.